The Balaban J connectivity index is 1.90. The van der Waals surface area contributed by atoms with Crippen molar-refractivity contribution in [2.24, 2.45) is 0 Å². The van der Waals surface area contributed by atoms with Crippen molar-refractivity contribution in [1.82, 2.24) is 5.32 Å². The quantitative estimate of drug-likeness (QED) is 0.191. The highest BCUT2D eigenvalue weighted by molar-refractivity contribution is 5.94. The fourth-order valence-electron chi connectivity index (χ4n) is 5.72. The second-order valence-corrected chi connectivity index (χ2v) is 10.2. The van der Waals surface area contributed by atoms with Crippen LogP contribution in [0.15, 0.2) is 72.8 Å². The topological polar surface area (TPSA) is 47.6 Å². The van der Waals surface area contributed by atoms with Crippen molar-refractivity contribution in [2.45, 2.75) is 40.0 Å². The van der Waals surface area contributed by atoms with Crippen molar-refractivity contribution in [3.63, 3.8) is 0 Å². The average Bonchev–Trinajstić information content (AvgIpc) is 3.18. The Morgan fingerprint density at radius 1 is 0.763 bits per heavy atom. The summed E-state index contributed by atoms with van der Waals surface area (Å²) >= 11 is 0. The normalized spacial score (nSPS) is 13.1. The second-order valence-electron chi connectivity index (χ2n) is 10.2. The van der Waals surface area contributed by atoms with Crippen LogP contribution in [-0.4, -0.2) is 26.4 Å². The van der Waals surface area contributed by atoms with Crippen molar-refractivity contribution in [3.05, 3.63) is 123 Å². The summed E-state index contributed by atoms with van der Waals surface area (Å²) in [5.74, 6) is 0.117. The van der Waals surface area contributed by atoms with Crippen LogP contribution in [0.4, 0.5) is 0 Å². The molecule has 1 N–H and O–H groups in total. The molecule has 0 fully saturated rings. The zero-order chi connectivity index (χ0) is 27.0. The zero-order valence-corrected chi connectivity index (χ0v) is 23.1. The highest BCUT2D eigenvalue weighted by atomic mass is 16.5. The van der Waals surface area contributed by atoms with Crippen LogP contribution in [0.5, 0.6) is 5.75 Å². The van der Waals surface area contributed by atoms with Gasteiger partial charge in [0.15, 0.2) is 0 Å². The Bertz CT molecular complexity index is 1480. The van der Waals surface area contributed by atoms with Crippen LogP contribution < -0.4 is 10.1 Å². The lowest BCUT2D eigenvalue weighted by atomic mass is 9.66. The number of fused-ring (bicyclic) bond motifs is 3. The molecule has 1 aliphatic rings. The Morgan fingerprint density at radius 3 is 1.95 bits per heavy atom. The molecule has 0 amide bonds. The van der Waals surface area contributed by atoms with E-state index >= 15 is 0 Å². The van der Waals surface area contributed by atoms with Crippen LogP contribution >= 0.6 is 0 Å². The molecule has 0 unspecified atom stereocenters. The lowest BCUT2D eigenvalue weighted by molar-refractivity contribution is 0.0521. The number of carbonyl (C=O) groups is 1. The van der Waals surface area contributed by atoms with Gasteiger partial charge in [0.05, 0.1) is 12.0 Å². The first-order chi connectivity index (χ1) is 18.3. The van der Waals surface area contributed by atoms with Crippen molar-refractivity contribution < 1.29 is 14.3 Å². The minimum Gasteiger partial charge on any atom is -0.477 e. The third kappa shape index (κ3) is 4.10. The van der Waals surface area contributed by atoms with E-state index in [1.54, 1.807) is 0 Å². The van der Waals surface area contributed by atoms with Gasteiger partial charge in [-0.1, -0.05) is 71.8 Å². The molecule has 0 saturated heterocycles. The molecule has 0 aromatic heterocycles. The third-order valence-electron chi connectivity index (χ3n) is 7.67. The second kappa shape index (κ2) is 10.1. The minimum absolute atomic E-state index is 0.290. The zero-order valence-electron chi connectivity index (χ0n) is 23.1. The van der Waals surface area contributed by atoms with E-state index in [0.717, 1.165) is 5.56 Å². The summed E-state index contributed by atoms with van der Waals surface area (Å²) < 4.78 is 11.4. The predicted octanol–water partition coefficient (Wildman–Crippen LogP) is 7.02. The van der Waals surface area contributed by atoms with E-state index in [2.05, 4.69) is 93.7 Å². The number of esters is 1. The molecular formula is C34H35NO3. The summed E-state index contributed by atoms with van der Waals surface area (Å²) in [7, 11) is 1.81. The standard InChI is InChI=1S/C34H35NO3/c1-7-37-33(36)29-19-26(12-15-32(29)38-20-35-6)34(25-11-10-23(4)24(5)18-25)30-16-21(2)8-13-27(30)28-14-9-22(3)17-31(28)34/h8-19,35H,7,20H2,1-6H3. The maximum atomic E-state index is 13.2. The van der Waals surface area contributed by atoms with Crippen LogP contribution in [0, 0.1) is 27.7 Å². The van der Waals surface area contributed by atoms with E-state index in [0.29, 0.717) is 17.9 Å². The number of aryl methyl sites for hydroxylation is 4. The van der Waals surface area contributed by atoms with Crippen molar-refractivity contribution in [1.29, 1.82) is 0 Å². The molecule has 4 heteroatoms. The summed E-state index contributed by atoms with van der Waals surface area (Å²) in [4.78, 5) is 13.2. The van der Waals surface area contributed by atoms with Crippen LogP contribution in [0.1, 0.15) is 61.8 Å². The SMILES string of the molecule is CCOC(=O)c1cc(C2(c3ccc(C)c(C)c3)c3cc(C)ccc3-c3ccc(C)cc32)ccc1OCNC. The third-order valence-corrected chi connectivity index (χ3v) is 7.67. The summed E-state index contributed by atoms with van der Waals surface area (Å²) in [6.45, 7) is 11.0. The smallest absolute Gasteiger partial charge is 0.341 e. The number of hydrogen-bond acceptors (Lipinski definition) is 4. The molecule has 38 heavy (non-hydrogen) atoms. The largest absolute Gasteiger partial charge is 0.477 e. The van der Waals surface area contributed by atoms with Gasteiger partial charge in [-0.2, -0.15) is 0 Å². The Labute approximate surface area is 225 Å². The number of nitrogens with one attached hydrogen (secondary N) is 1. The average molecular weight is 506 g/mol. The molecule has 1 aliphatic carbocycles. The molecule has 0 bridgehead atoms. The van der Waals surface area contributed by atoms with E-state index in [9.17, 15) is 4.79 Å². The van der Waals surface area contributed by atoms with Gasteiger partial charge in [-0.15, -0.1) is 0 Å². The van der Waals surface area contributed by atoms with Crippen LogP contribution in [0.25, 0.3) is 11.1 Å². The first-order valence-electron chi connectivity index (χ1n) is 13.2. The molecule has 4 nitrogen and oxygen atoms in total. The van der Waals surface area contributed by atoms with Gasteiger partial charge >= 0.3 is 5.97 Å². The summed E-state index contributed by atoms with van der Waals surface area (Å²) in [5.41, 5.74) is 11.8. The van der Waals surface area contributed by atoms with Crippen molar-refractivity contribution in [2.75, 3.05) is 20.4 Å². The lowest BCUT2D eigenvalue weighted by Crippen LogP contribution is -2.29. The highest BCUT2D eigenvalue weighted by Gasteiger charge is 2.46. The van der Waals surface area contributed by atoms with Gasteiger partial charge in [0, 0.05) is 0 Å². The molecule has 0 spiro atoms. The van der Waals surface area contributed by atoms with Gasteiger partial charge < -0.3 is 9.47 Å². The molecule has 194 valence electrons. The molecule has 4 aromatic carbocycles. The molecule has 0 atom stereocenters. The number of hydrogen-bond donors (Lipinski definition) is 1. The Kier molecular flexibility index (Phi) is 6.85. The van der Waals surface area contributed by atoms with Gasteiger partial charge in [0.1, 0.15) is 18.0 Å². The Hall–Kier alpha value is -3.89. The fourth-order valence-corrected chi connectivity index (χ4v) is 5.72. The van der Waals surface area contributed by atoms with Crippen LogP contribution in [-0.2, 0) is 10.2 Å². The maximum Gasteiger partial charge on any atom is 0.341 e. The van der Waals surface area contributed by atoms with Gasteiger partial charge in [-0.05, 0) is 98.3 Å². The summed E-state index contributed by atoms with van der Waals surface area (Å²) in [5, 5.41) is 2.99. The van der Waals surface area contributed by atoms with Gasteiger partial charge in [0.2, 0.25) is 0 Å². The van der Waals surface area contributed by atoms with E-state index in [-0.39, 0.29) is 12.7 Å². The van der Waals surface area contributed by atoms with Crippen molar-refractivity contribution >= 4 is 5.97 Å². The highest BCUT2D eigenvalue weighted by Crippen LogP contribution is 2.57. The number of ether oxygens (including phenoxy) is 2. The van der Waals surface area contributed by atoms with E-state index < -0.39 is 5.41 Å². The number of carbonyl (C=O) groups excluding carboxylic acids is 1. The molecular weight excluding hydrogens is 470 g/mol. The summed E-state index contributed by atoms with van der Waals surface area (Å²) in [6.07, 6.45) is 0. The fraction of sp³-hybridized carbons (Fsp3) is 0.265. The lowest BCUT2D eigenvalue weighted by Gasteiger charge is -2.35. The van der Waals surface area contributed by atoms with Gasteiger partial charge in [0.25, 0.3) is 0 Å². The molecule has 0 aliphatic heterocycles. The Morgan fingerprint density at radius 2 is 1.37 bits per heavy atom. The number of benzene rings is 4. The van der Waals surface area contributed by atoms with Crippen LogP contribution in [0.3, 0.4) is 0 Å². The van der Waals surface area contributed by atoms with Gasteiger partial charge in [-0.25, -0.2) is 4.79 Å². The predicted molar refractivity (Wildman–Crippen MR) is 153 cm³/mol. The monoisotopic (exact) mass is 505 g/mol. The number of rotatable bonds is 7. The van der Waals surface area contributed by atoms with E-state index in [4.69, 9.17) is 9.47 Å². The van der Waals surface area contributed by atoms with Gasteiger partial charge in [-0.3, -0.25) is 5.32 Å². The molecule has 4 aromatic rings. The van der Waals surface area contributed by atoms with Crippen LogP contribution in [0.2, 0.25) is 0 Å². The first kappa shape index (κ1) is 25.7. The van der Waals surface area contributed by atoms with Crippen molar-refractivity contribution in [3.8, 4) is 16.9 Å². The molecule has 0 heterocycles. The van der Waals surface area contributed by atoms with E-state index in [1.165, 1.54) is 50.1 Å². The maximum absolute atomic E-state index is 13.2. The molecule has 5 rings (SSSR count). The first-order valence-corrected chi connectivity index (χ1v) is 13.2. The summed E-state index contributed by atoms with van der Waals surface area (Å²) in [6, 6.07) is 26.2. The molecule has 0 saturated carbocycles. The minimum atomic E-state index is -0.607. The molecule has 0 radical (unpaired) electrons. The van der Waals surface area contributed by atoms with E-state index in [1.807, 2.05) is 26.1 Å².